The van der Waals surface area contributed by atoms with Gasteiger partial charge < -0.3 is 10.4 Å². The van der Waals surface area contributed by atoms with Gasteiger partial charge in [0.05, 0.1) is 21.8 Å². The van der Waals surface area contributed by atoms with Crippen LogP contribution in [0.4, 0.5) is 19.6 Å². The second kappa shape index (κ2) is 7.92. The molecular weight excluding hydrogens is 422 g/mol. The number of aromatic hydroxyl groups is 1. The van der Waals surface area contributed by atoms with Gasteiger partial charge in [0.15, 0.2) is 10.9 Å². The molecule has 158 valence electrons. The lowest BCUT2D eigenvalue weighted by atomic mass is 9.92. The van der Waals surface area contributed by atoms with E-state index in [-0.39, 0.29) is 22.6 Å². The zero-order valence-electron chi connectivity index (χ0n) is 16.7. The van der Waals surface area contributed by atoms with Crippen LogP contribution in [-0.2, 0) is 4.79 Å². The average Bonchev–Trinajstić information content (AvgIpc) is 3.18. The first kappa shape index (κ1) is 20.7. The van der Waals surface area contributed by atoms with E-state index in [0.717, 1.165) is 6.08 Å². The van der Waals surface area contributed by atoms with Crippen molar-refractivity contribution in [1.82, 2.24) is 4.98 Å². The number of phenols is 1. The van der Waals surface area contributed by atoms with Gasteiger partial charge >= 0.3 is 0 Å². The van der Waals surface area contributed by atoms with Gasteiger partial charge in [-0.05, 0) is 43.7 Å². The molecule has 0 fully saturated rings. The van der Waals surface area contributed by atoms with E-state index in [1.54, 1.807) is 26.1 Å². The summed E-state index contributed by atoms with van der Waals surface area (Å²) in [7, 11) is 0. The monoisotopic (exact) mass is 440 g/mol. The summed E-state index contributed by atoms with van der Waals surface area (Å²) in [5.74, 6) is -2.13. The Hall–Kier alpha value is -3.59. The first-order chi connectivity index (χ1) is 14.8. The van der Waals surface area contributed by atoms with Crippen molar-refractivity contribution in [2.75, 3.05) is 10.6 Å². The standard InChI is InChI=1S/C22H18F2N4O2S/c1-4-16(30)28-22-25-9-15(31-22)20-12-8-10(2)17(18-13(23)6-5-7-14(18)29)19(24)21(12)27-11(3)26-20/h4-9,11,27,29H,1H2,2-3H3,(H,25,28,30). The second-order valence-corrected chi connectivity index (χ2v) is 7.99. The second-order valence-electron chi connectivity index (χ2n) is 6.96. The molecule has 4 rings (SSSR count). The first-order valence-corrected chi connectivity index (χ1v) is 10.2. The van der Waals surface area contributed by atoms with Crippen LogP contribution >= 0.6 is 11.3 Å². The maximum atomic E-state index is 15.7. The molecule has 1 aliphatic rings. The largest absolute Gasteiger partial charge is 0.507 e. The van der Waals surface area contributed by atoms with Gasteiger partial charge in [-0.15, -0.1) is 0 Å². The zero-order valence-corrected chi connectivity index (χ0v) is 17.5. The van der Waals surface area contributed by atoms with Gasteiger partial charge in [0, 0.05) is 17.3 Å². The summed E-state index contributed by atoms with van der Waals surface area (Å²) in [6.45, 7) is 6.80. The Morgan fingerprint density at radius 1 is 1.35 bits per heavy atom. The van der Waals surface area contributed by atoms with E-state index in [4.69, 9.17) is 0 Å². The molecule has 0 radical (unpaired) electrons. The summed E-state index contributed by atoms with van der Waals surface area (Å²) in [6.07, 6.45) is 2.22. The molecule has 0 saturated carbocycles. The van der Waals surface area contributed by atoms with E-state index in [1.165, 1.54) is 29.5 Å². The van der Waals surface area contributed by atoms with Gasteiger partial charge in [0.2, 0.25) is 5.91 Å². The Balaban J connectivity index is 1.85. The van der Waals surface area contributed by atoms with Crippen molar-refractivity contribution >= 4 is 33.8 Å². The number of amides is 1. The van der Waals surface area contributed by atoms with Crippen molar-refractivity contribution in [2.24, 2.45) is 4.99 Å². The molecule has 2 aromatic carbocycles. The topological polar surface area (TPSA) is 86.6 Å². The number of rotatable bonds is 4. The van der Waals surface area contributed by atoms with Crippen molar-refractivity contribution in [1.29, 1.82) is 0 Å². The highest BCUT2D eigenvalue weighted by atomic mass is 32.1. The number of halogens is 2. The predicted molar refractivity (Wildman–Crippen MR) is 118 cm³/mol. The lowest BCUT2D eigenvalue weighted by Gasteiger charge is -2.25. The highest BCUT2D eigenvalue weighted by molar-refractivity contribution is 7.17. The third-order valence-electron chi connectivity index (χ3n) is 4.79. The third-order valence-corrected chi connectivity index (χ3v) is 5.71. The molecule has 6 nitrogen and oxygen atoms in total. The van der Waals surface area contributed by atoms with Gasteiger partial charge in [0.25, 0.3) is 0 Å². The third kappa shape index (κ3) is 3.68. The summed E-state index contributed by atoms with van der Waals surface area (Å²) in [5, 5.41) is 16.1. The summed E-state index contributed by atoms with van der Waals surface area (Å²) in [5.41, 5.74) is 1.38. The number of carbonyl (C=O) groups excluding carboxylic acids is 1. The molecule has 3 aromatic rings. The summed E-state index contributed by atoms with van der Waals surface area (Å²) in [4.78, 5) is 20.9. The van der Waals surface area contributed by atoms with Crippen molar-refractivity contribution in [3.63, 3.8) is 0 Å². The van der Waals surface area contributed by atoms with Crippen LogP contribution in [-0.4, -0.2) is 27.9 Å². The number of aliphatic imine (C=N–C) groups is 1. The minimum atomic E-state index is -0.718. The summed E-state index contributed by atoms with van der Waals surface area (Å²) < 4.78 is 30.1. The molecule has 1 aromatic heterocycles. The fourth-order valence-corrected chi connectivity index (χ4v) is 4.30. The smallest absolute Gasteiger partial charge is 0.249 e. The summed E-state index contributed by atoms with van der Waals surface area (Å²) in [6, 6.07) is 5.54. The lowest BCUT2D eigenvalue weighted by Crippen LogP contribution is -2.25. The van der Waals surface area contributed by atoms with E-state index in [9.17, 15) is 14.3 Å². The average molecular weight is 440 g/mol. The number of carbonyl (C=O) groups is 1. The SMILES string of the molecule is C=CC(=O)Nc1ncc(C2=NC(C)Nc3c2cc(C)c(-c2c(O)cccc2F)c3F)s1. The van der Waals surface area contributed by atoms with Gasteiger partial charge in [-0.1, -0.05) is 24.0 Å². The van der Waals surface area contributed by atoms with E-state index < -0.39 is 23.7 Å². The molecule has 0 spiro atoms. The molecule has 1 atom stereocenters. The van der Waals surface area contributed by atoms with Crippen LogP contribution in [0.25, 0.3) is 11.1 Å². The zero-order chi connectivity index (χ0) is 22.3. The van der Waals surface area contributed by atoms with Crippen LogP contribution in [0.3, 0.4) is 0 Å². The minimum absolute atomic E-state index is 0.0152. The molecule has 31 heavy (non-hydrogen) atoms. The van der Waals surface area contributed by atoms with Gasteiger partial charge in [-0.25, -0.2) is 13.8 Å². The quantitative estimate of drug-likeness (QED) is 0.507. The fraction of sp³-hybridized carbons (Fsp3) is 0.136. The Morgan fingerprint density at radius 2 is 2.13 bits per heavy atom. The minimum Gasteiger partial charge on any atom is -0.507 e. The molecule has 2 heterocycles. The van der Waals surface area contributed by atoms with E-state index in [2.05, 4.69) is 27.2 Å². The maximum Gasteiger partial charge on any atom is 0.249 e. The number of thiazole rings is 1. The number of benzene rings is 2. The van der Waals surface area contributed by atoms with Crippen LogP contribution in [0.2, 0.25) is 0 Å². The molecule has 1 amide bonds. The molecule has 9 heteroatoms. The Bertz CT molecular complexity index is 1230. The van der Waals surface area contributed by atoms with Crippen LogP contribution in [0.15, 0.2) is 48.1 Å². The van der Waals surface area contributed by atoms with Gasteiger partial charge in [-0.3, -0.25) is 15.1 Å². The highest BCUT2D eigenvalue weighted by Gasteiger charge is 2.28. The molecular formula is C22H18F2N4O2S. The summed E-state index contributed by atoms with van der Waals surface area (Å²) >= 11 is 1.19. The lowest BCUT2D eigenvalue weighted by molar-refractivity contribution is -0.111. The number of hydrogen-bond acceptors (Lipinski definition) is 6. The normalized spacial score (nSPS) is 15.0. The van der Waals surface area contributed by atoms with Crippen molar-refractivity contribution in [3.05, 3.63) is 70.8 Å². The van der Waals surface area contributed by atoms with Crippen LogP contribution in [0, 0.1) is 18.6 Å². The van der Waals surface area contributed by atoms with Crippen LogP contribution in [0.5, 0.6) is 5.75 Å². The fourth-order valence-electron chi connectivity index (χ4n) is 3.47. The molecule has 1 unspecified atom stereocenters. The van der Waals surface area contributed by atoms with Gasteiger partial charge in [0.1, 0.15) is 17.7 Å². The number of anilines is 2. The van der Waals surface area contributed by atoms with Gasteiger partial charge in [-0.2, -0.15) is 0 Å². The predicted octanol–water partition coefficient (Wildman–Crippen LogP) is 4.84. The number of phenolic OH excluding ortho intramolecular Hbond substituents is 1. The molecule has 0 saturated heterocycles. The molecule has 0 bridgehead atoms. The number of nitrogens with zero attached hydrogens (tertiary/aromatic N) is 2. The van der Waals surface area contributed by atoms with E-state index in [1.807, 2.05) is 0 Å². The first-order valence-electron chi connectivity index (χ1n) is 9.35. The molecule has 3 N–H and O–H groups in total. The number of fused-ring (bicyclic) bond motifs is 1. The number of aryl methyl sites for hydroxylation is 1. The van der Waals surface area contributed by atoms with E-state index in [0.29, 0.717) is 26.8 Å². The maximum absolute atomic E-state index is 15.7. The van der Waals surface area contributed by atoms with Crippen molar-refractivity contribution in [2.45, 2.75) is 20.0 Å². The van der Waals surface area contributed by atoms with Crippen molar-refractivity contribution < 1.29 is 18.7 Å². The number of aromatic nitrogens is 1. The number of hydrogen-bond donors (Lipinski definition) is 3. The Kier molecular flexibility index (Phi) is 5.28. The number of nitrogens with one attached hydrogen (secondary N) is 2. The van der Waals surface area contributed by atoms with Crippen molar-refractivity contribution in [3.8, 4) is 16.9 Å². The van der Waals surface area contributed by atoms with Crippen LogP contribution < -0.4 is 10.6 Å². The van der Waals surface area contributed by atoms with E-state index >= 15 is 4.39 Å². The van der Waals surface area contributed by atoms with Crippen LogP contribution in [0.1, 0.15) is 22.9 Å². The highest BCUT2D eigenvalue weighted by Crippen LogP contribution is 2.41. The molecule has 1 aliphatic heterocycles. The Morgan fingerprint density at radius 3 is 2.84 bits per heavy atom. The Labute approximate surface area is 181 Å². The molecule has 0 aliphatic carbocycles.